The Morgan fingerprint density at radius 2 is 1.86 bits per heavy atom. The van der Waals surface area contributed by atoms with Crippen LogP contribution < -0.4 is 5.32 Å². The van der Waals surface area contributed by atoms with Crippen LogP contribution >= 0.6 is 0 Å². The van der Waals surface area contributed by atoms with Crippen molar-refractivity contribution in [3.63, 3.8) is 0 Å². The molecule has 3 atom stereocenters. The third-order valence-electron chi connectivity index (χ3n) is 5.07. The van der Waals surface area contributed by atoms with Crippen LogP contribution in [0.15, 0.2) is 12.7 Å². The molecule has 160 valence electrons. The van der Waals surface area contributed by atoms with Gasteiger partial charge in [0.15, 0.2) is 5.79 Å². The fraction of sp³-hybridized carbons (Fsp3) is 0.818. The van der Waals surface area contributed by atoms with Crippen LogP contribution in [0, 0.1) is 5.41 Å². The van der Waals surface area contributed by atoms with E-state index in [4.69, 9.17) is 9.47 Å². The van der Waals surface area contributed by atoms with Gasteiger partial charge in [-0.05, 0) is 52.4 Å². The lowest BCUT2D eigenvalue weighted by molar-refractivity contribution is -0.170. The zero-order chi connectivity index (χ0) is 21.3. The van der Waals surface area contributed by atoms with E-state index in [9.17, 15) is 9.59 Å². The molecule has 2 rings (SSSR count). The molecule has 28 heavy (non-hydrogen) atoms. The number of hydrogen-bond donors (Lipinski definition) is 1. The minimum Gasteiger partial charge on any atom is -0.349 e. The maximum atomic E-state index is 13.3. The van der Waals surface area contributed by atoms with E-state index in [2.05, 4.69) is 32.7 Å². The van der Waals surface area contributed by atoms with Gasteiger partial charge in [-0.25, -0.2) is 0 Å². The molecule has 2 saturated heterocycles. The first-order valence-electron chi connectivity index (χ1n) is 10.3. The van der Waals surface area contributed by atoms with Gasteiger partial charge in [-0.2, -0.15) is 0 Å². The van der Waals surface area contributed by atoms with Gasteiger partial charge < -0.3 is 19.7 Å². The van der Waals surface area contributed by atoms with Crippen molar-refractivity contribution in [2.24, 2.45) is 5.41 Å². The lowest BCUT2D eigenvalue weighted by atomic mass is 9.81. The molecule has 0 spiro atoms. The molecule has 0 aliphatic carbocycles. The van der Waals surface area contributed by atoms with Crippen molar-refractivity contribution >= 4 is 11.8 Å². The summed E-state index contributed by atoms with van der Waals surface area (Å²) in [7, 11) is 0. The van der Waals surface area contributed by atoms with Gasteiger partial charge in [-0.1, -0.05) is 26.8 Å². The van der Waals surface area contributed by atoms with Crippen molar-refractivity contribution < 1.29 is 19.1 Å². The summed E-state index contributed by atoms with van der Waals surface area (Å²) in [5, 5.41) is 3.16. The summed E-state index contributed by atoms with van der Waals surface area (Å²) in [5.41, 5.74) is -0.315. The number of nitrogens with one attached hydrogen (secondary N) is 1. The molecular weight excluding hydrogens is 356 g/mol. The van der Waals surface area contributed by atoms with Crippen LogP contribution in [0.1, 0.15) is 74.1 Å². The monoisotopic (exact) mass is 394 g/mol. The average Bonchev–Trinajstić information content (AvgIpc) is 2.95. The average molecular weight is 395 g/mol. The van der Waals surface area contributed by atoms with Crippen LogP contribution in [-0.2, 0) is 19.1 Å². The van der Waals surface area contributed by atoms with Gasteiger partial charge in [0.25, 0.3) is 0 Å². The van der Waals surface area contributed by atoms with Crippen molar-refractivity contribution in [2.45, 2.75) is 104 Å². The first-order chi connectivity index (χ1) is 12.7. The predicted molar refractivity (Wildman–Crippen MR) is 110 cm³/mol. The molecule has 0 saturated carbocycles. The van der Waals surface area contributed by atoms with E-state index in [1.165, 1.54) is 0 Å². The normalized spacial score (nSPS) is 26.8. The van der Waals surface area contributed by atoms with Gasteiger partial charge in [0.1, 0.15) is 18.2 Å². The quantitative estimate of drug-likeness (QED) is 0.531. The van der Waals surface area contributed by atoms with E-state index in [0.717, 1.165) is 19.3 Å². The van der Waals surface area contributed by atoms with Gasteiger partial charge in [0.2, 0.25) is 11.8 Å². The lowest BCUT2D eigenvalue weighted by Gasteiger charge is -2.36. The van der Waals surface area contributed by atoms with Crippen LogP contribution in [0.2, 0.25) is 0 Å². The van der Waals surface area contributed by atoms with Crippen LogP contribution in [0.4, 0.5) is 0 Å². The Kier molecular flexibility index (Phi) is 6.66. The Labute approximate surface area is 170 Å². The van der Waals surface area contributed by atoms with Gasteiger partial charge in [-0.3, -0.25) is 9.59 Å². The number of likely N-dealkylation sites (tertiary alicyclic amines) is 1. The summed E-state index contributed by atoms with van der Waals surface area (Å²) in [6.45, 7) is 18.3. The molecule has 2 amide bonds. The number of fused-ring (bicyclic) bond motifs is 1. The first-order valence-corrected chi connectivity index (χ1v) is 10.3. The number of ether oxygens (including phenoxy) is 2. The number of nitrogens with zero attached hydrogens (tertiary/aromatic N) is 1. The molecule has 0 unspecified atom stereocenters. The largest absolute Gasteiger partial charge is 0.349 e. The Morgan fingerprint density at radius 1 is 1.21 bits per heavy atom. The van der Waals surface area contributed by atoms with Crippen LogP contribution in [0.25, 0.3) is 0 Å². The van der Waals surface area contributed by atoms with E-state index in [0.29, 0.717) is 13.0 Å². The maximum Gasteiger partial charge on any atom is 0.246 e. The Bertz CT molecular complexity index is 606. The van der Waals surface area contributed by atoms with E-state index in [-0.39, 0.29) is 28.9 Å². The topological polar surface area (TPSA) is 67.9 Å². The first kappa shape index (κ1) is 22.9. The number of carbonyl (C=O) groups is 2. The minimum absolute atomic E-state index is 0.0324. The Hall–Kier alpha value is -1.40. The molecule has 1 N–H and O–H groups in total. The molecule has 6 heteroatoms. The van der Waals surface area contributed by atoms with E-state index < -0.39 is 17.9 Å². The van der Waals surface area contributed by atoms with Gasteiger partial charge in [0.05, 0.1) is 6.54 Å². The van der Waals surface area contributed by atoms with Crippen LogP contribution in [0.5, 0.6) is 0 Å². The second-order valence-corrected chi connectivity index (χ2v) is 10.4. The SMILES string of the molecule is C=CCCCC(=O)N1C[C@@H]2OC(C)(C)O[C@@H]2[C@H]1C(=O)NC(C)(C)CC(C)(C)C. The molecule has 2 aliphatic rings. The third kappa shape index (κ3) is 5.80. The molecule has 0 aromatic rings. The number of unbranched alkanes of at least 4 members (excludes halogenated alkanes) is 1. The van der Waals surface area contributed by atoms with Gasteiger partial charge >= 0.3 is 0 Å². The van der Waals surface area contributed by atoms with Crippen molar-refractivity contribution in [3.8, 4) is 0 Å². The van der Waals surface area contributed by atoms with Crippen molar-refractivity contribution in [1.82, 2.24) is 10.2 Å². The second kappa shape index (κ2) is 8.15. The number of hydrogen-bond acceptors (Lipinski definition) is 4. The number of allylic oxidation sites excluding steroid dienone is 1. The number of carbonyl (C=O) groups excluding carboxylic acids is 2. The molecule has 0 radical (unpaired) electrons. The highest BCUT2D eigenvalue weighted by molar-refractivity contribution is 5.89. The molecule has 0 aromatic heterocycles. The molecule has 2 heterocycles. The predicted octanol–water partition coefficient (Wildman–Crippen LogP) is 3.40. The summed E-state index contributed by atoms with van der Waals surface area (Å²) in [6.07, 6.45) is 3.81. The summed E-state index contributed by atoms with van der Waals surface area (Å²) in [6, 6.07) is -0.665. The fourth-order valence-electron chi connectivity index (χ4n) is 4.62. The molecule has 0 aromatic carbocycles. The Balaban J connectivity index is 2.17. The standard InChI is InChI=1S/C22H38N2O4/c1-9-10-11-12-16(25)24-13-15-18(28-22(7,8)27-15)17(24)19(26)23-21(5,6)14-20(2,3)4/h9,15,17-18H,1,10-14H2,2-8H3,(H,23,26)/t15-,17-,18-/m0/s1. The zero-order valence-electron chi connectivity index (χ0n) is 18.6. The van der Waals surface area contributed by atoms with Gasteiger partial charge in [-0.15, -0.1) is 6.58 Å². The maximum absolute atomic E-state index is 13.3. The van der Waals surface area contributed by atoms with E-state index in [1.54, 1.807) is 11.0 Å². The molecular formula is C22H38N2O4. The molecule has 6 nitrogen and oxygen atoms in total. The molecule has 2 fully saturated rings. The zero-order valence-corrected chi connectivity index (χ0v) is 18.6. The van der Waals surface area contributed by atoms with Crippen molar-refractivity contribution in [2.75, 3.05) is 6.54 Å². The summed E-state index contributed by atoms with van der Waals surface area (Å²) in [5.74, 6) is -0.942. The fourth-order valence-corrected chi connectivity index (χ4v) is 4.62. The summed E-state index contributed by atoms with van der Waals surface area (Å²) < 4.78 is 12.0. The Morgan fingerprint density at radius 3 is 2.43 bits per heavy atom. The number of amides is 2. The van der Waals surface area contributed by atoms with Crippen LogP contribution in [0.3, 0.4) is 0 Å². The highest BCUT2D eigenvalue weighted by Crippen LogP contribution is 2.37. The van der Waals surface area contributed by atoms with E-state index in [1.807, 2.05) is 27.7 Å². The summed E-state index contributed by atoms with van der Waals surface area (Å²) in [4.78, 5) is 27.8. The van der Waals surface area contributed by atoms with E-state index >= 15 is 0 Å². The van der Waals surface area contributed by atoms with Crippen molar-refractivity contribution in [1.29, 1.82) is 0 Å². The summed E-state index contributed by atoms with van der Waals surface area (Å²) >= 11 is 0. The van der Waals surface area contributed by atoms with Crippen LogP contribution in [-0.4, -0.2) is 52.8 Å². The highest BCUT2D eigenvalue weighted by Gasteiger charge is 2.56. The second-order valence-electron chi connectivity index (χ2n) is 10.4. The van der Waals surface area contributed by atoms with Gasteiger partial charge in [0, 0.05) is 12.0 Å². The molecule has 0 bridgehead atoms. The highest BCUT2D eigenvalue weighted by atomic mass is 16.8. The number of rotatable bonds is 7. The third-order valence-corrected chi connectivity index (χ3v) is 5.07. The molecule has 2 aliphatic heterocycles. The minimum atomic E-state index is -0.743. The smallest absolute Gasteiger partial charge is 0.246 e. The lowest BCUT2D eigenvalue weighted by Crippen LogP contribution is -2.56. The van der Waals surface area contributed by atoms with Crippen molar-refractivity contribution in [3.05, 3.63) is 12.7 Å².